The molecule has 1 amide bonds. The van der Waals surface area contributed by atoms with Crippen molar-refractivity contribution in [1.29, 1.82) is 0 Å². The van der Waals surface area contributed by atoms with Crippen LogP contribution in [-0.2, 0) is 10.3 Å². The van der Waals surface area contributed by atoms with Crippen LogP contribution in [0.3, 0.4) is 0 Å². The summed E-state index contributed by atoms with van der Waals surface area (Å²) in [6.07, 6.45) is 4.02. The summed E-state index contributed by atoms with van der Waals surface area (Å²) < 4.78 is 0. The van der Waals surface area contributed by atoms with Crippen LogP contribution < -0.4 is 10.6 Å². The van der Waals surface area contributed by atoms with Gasteiger partial charge in [-0.1, -0.05) is 6.07 Å². The van der Waals surface area contributed by atoms with Crippen molar-refractivity contribution in [2.24, 2.45) is 5.73 Å². The molecule has 5 nitrogen and oxygen atoms in total. The van der Waals surface area contributed by atoms with Gasteiger partial charge in [0.2, 0.25) is 5.91 Å². The minimum absolute atomic E-state index is 0.112. The second-order valence-corrected chi connectivity index (χ2v) is 5.55. The molecule has 1 saturated heterocycles. The van der Waals surface area contributed by atoms with E-state index < -0.39 is 0 Å². The molecule has 0 atom stereocenters. The standard InChI is InChI=1S/C14H20N4O/c1-11(19)17-6-8-18(9-7-17)13-3-2-12(10-16-13)14(15)4-5-14/h2-3,10H,4-9,15H2,1H3. The van der Waals surface area contributed by atoms with Crippen LogP contribution in [0, 0.1) is 0 Å². The number of carbonyl (C=O) groups is 1. The molecule has 2 N–H and O–H groups in total. The highest BCUT2D eigenvalue weighted by molar-refractivity contribution is 5.73. The molecule has 3 rings (SSSR count). The van der Waals surface area contributed by atoms with Crippen LogP contribution in [0.15, 0.2) is 18.3 Å². The number of carbonyl (C=O) groups excluding carboxylic acids is 1. The van der Waals surface area contributed by atoms with Crippen molar-refractivity contribution in [3.8, 4) is 0 Å². The van der Waals surface area contributed by atoms with Crippen molar-refractivity contribution in [2.45, 2.75) is 25.3 Å². The van der Waals surface area contributed by atoms with Gasteiger partial charge in [0.1, 0.15) is 5.82 Å². The summed E-state index contributed by atoms with van der Waals surface area (Å²) in [5.41, 5.74) is 7.18. The quantitative estimate of drug-likeness (QED) is 0.850. The van der Waals surface area contributed by atoms with E-state index in [0.717, 1.165) is 50.4 Å². The average Bonchev–Trinajstić information content (AvgIpc) is 3.18. The lowest BCUT2D eigenvalue weighted by Gasteiger charge is -2.35. The normalized spacial score (nSPS) is 21.4. The first-order valence-electron chi connectivity index (χ1n) is 6.84. The second kappa shape index (κ2) is 4.49. The number of piperazine rings is 1. The van der Waals surface area contributed by atoms with Crippen LogP contribution in [0.25, 0.3) is 0 Å². The van der Waals surface area contributed by atoms with Crippen molar-refractivity contribution in [3.63, 3.8) is 0 Å². The average molecular weight is 260 g/mol. The zero-order valence-electron chi connectivity index (χ0n) is 11.3. The molecule has 1 aliphatic carbocycles. The molecule has 0 aromatic carbocycles. The van der Waals surface area contributed by atoms with E-state index in [1.807, 2.05) is 17.2 Å². The van der Waals surface area contributed by atoms with Gasteiger partial charge in [0.15, 0.2) is 0 Å². The summed E-state index contributed by atoms with van der Waals surface area (Å²) in [4.78, 5) is 19.9. The number of aromatic nitrogens is 1. The highest BCUT2D eigenvalue weighted by Crippen LogP contribution is 2.42. The molecule has 2 fully saturated rings. The molecular weight excluding hydrogens is 240 g/mol. The largest absolute Gasteiger partial charge is 0.353 e. The van der Waals surface area contributed by atoms with Gasteiger partial charge in [-0.25, -0.2) is 4.98 Å². The van der Waals surface area contributed by atoms with E-state index in [0.29, 0.717) is 0 Å². The summed E-state index contributed by atoms with van der Waals surface area (Å²) in [5.74, 6) is 1.14. The summed E-state index contributed by atoms with van der Waals surface area (Å²) >= 11 is 0. The van der Waals surface area contributed by atoms with Crippen molar-refractivity contribution in [1.82, 2.24) is 9.88 Å². The van der Waals surface area contributed by atoms with Gasteiger partial charge in [-0.2, -0.15) is 0 Å². The first-order valence-corrected chi connectivity index (χ1v) is 6.84. The monoisotopic (exact) mass is 260 g/mol. The Morgan fingerprint density at radius 2 is 1.95 bits per heavy atom. The highest BCUT2D eigenvalue weighted by atomic mass is 16.2. The summed E-state index contributed by atoms with van der Waals surface area (Å²) in [6.45, 7) is 4.87. The molecule has 5 heteroatoms. The van der Waals surface area contributed by atoms with E-state index in [4.69, 9.17) is 5.73 Å². The maximum Gasteiger partial charge on any atom is 0.219 e. The molecule has 19 heavy (non-hydrogen) atoms. The Kier molecular flexibility index (Phi) is 2.93. The van der Waals surface area contributed by atoms with Crippen LogP contribution in [0.2, 0.25) is 0 Å². The van der Waals surface area contributed by atoms with Crippen LogP contribution in [0.5, 0.6) is 0 Å². The number of hydrogen-bond donors (Lipinski definition) is 1. The predicted octanol–water partition coefficient (Wildman–Crippen LogP) is 0.698. The summed E-state index contributed by atoms with van der Waals surface area (Å²) in [7, 11) is 0. The van der Waals surface area contributed by atoms with Gasteiger partial charge >= 0.3 is 0 Å². The molecule has 102 valence electrons. The van der Waals surface area contributed by atoms with E-state index in [9.17, 15) is 4.79 Å². The van der Waals surface area contributed by atoms with Crippen molar-refractivity contribution < 1.29 is 4.79 Å². The molecule has 1 saturated carbocycles. The van der Waals surface area contributed by atoms with E-state index in [2.05, 4.69) is 16.0 Å². The molecule has 0 radical (unpaired) electrons. The van der Waals surface area contributed by atoms with Crippen molar-refractivity contribution >= 4 is 11.7 Å². The Bertz CT molecular complexity index is 473. The maximum absolute atomic E-state index is 11.3. The molecule has 0 spiro atoms. The van der Waals surface area contributed by atoms with Crippen LogP contribution in [-0.4, -0.2) is 42.0 Å². The molecule has 2 heterocycles. The lowest BCUT2D eigenvalue weighted by atomic mass is 10.1. The Morgan fingerprint density at radius 3 is 2.42 bits per heavy atom. The fraction of sp³-hybridized carbons (Fsp3) is 0.571. The van der Waals surface area contributed by atoms with Gasteiger partial charge < -0.3 is 15.5 Å². The minimum Gasteiger partial charge on any atom is -0.353 e. The molecule has 0 unspecified atom stereocenters. The third kappa shape index (κ3) is 2.42. The van der Waals surface area contributed by atoms with E-state index in [1.54, 1.807) is 6.92 Å². The van der Waals surface area contributed by atoms with E-state index in [-0.39, 0.29) is 11.4 Å². The van der Waals surface area contributed by atoms with Gasteiger partial charge in [0, 0.05) is 44.8 Å². The number of amides is 1. The van der Waals surface area contributed by atoms with Crippen LogP contribution >= 0.6 is 0 Å². The SMILES string of the molecule is CC(=O)N1CCN(c2ccc(C3(N)CC3)cn2)CC1. The predicted molar refractivity (Wildman–Crippen MR) is 73.8 cm³/mol. The molecule has 1 aromatic heterocycles. The van der Waals surface area contributed by atoms with Gasteiger partial charge in [0.25, 0.3) is 0 Å². The topological polar surface area (TPSA) is 62.5 Å². The molecule has 1 aromatic rings. The van der Waals surface area contributed by atoms with Crippen LogP contribution in [0.1, 0.15) is 25.3 Å². The summed E-state index contributed by atoms with van der Waals surface area (Å²) in [6, 6.07) is 4.14. The molecule has 1 aliphatic heterocycles. The van der Waals surface area contributed by atoms with Crippen molar-refractivity contribution in [3.05, 3.63) is 23.9 Å². The van der Waals surface area contributed by atoms with Gasteiger partial charge in [-0.15, -0.1) is 0 Å². The molecule has 0 bridgehead atoms. The molecule has 2 aliphatic rings. The van der Waals surface area contributed by atoms with Gasteiger partial charge in [0.05, 0.1) is 0 Å². The third-order valence-electron chi connectivity index (χ3n) is 4.16. The lowest BCUT2D eigenvalue weighted by molar-refractivity contribution is -0.129. The molecular formula is C14H20N4O. The lowest BCUT2D eigenvalue weighted by Crippen LogP contribution is -2.48. The summed E-state index contributed by atoms with van der Waals surface area (Å²) in [5, 5.41) is 0. The second-order valence-electron chi connectivity index (χ2n) is 5.55. The van der Waals surface area contributed by atoms with E-state index in [1.165, 1.54) is 0 Å². The zero-order valence-corrected chi connectivity index (χ0v) is 11.3. The Hall–Kier alpha value is -1.62. The number of nitrogens with zero attached hydrogens (tertiary/aromatic N) is 3. The number of nitrogens with two attached hydrogens (primary N) is 1. The van der Waals surface area contributed by atoms with Gasteiger partial charge in [-0.05, 0) is 24.5 Å². The maximum atomic E-state index is 11.3. The first kappa shape index (κ1) is 12.4. The fourth-order valence-electron chi connectivity index (χ4n) is 2.54. The highest BCUT2D eigenvalue weighted by Gasteiger charge is 2.40. The van der Waals surface area contributed by atoms with Gasteiger partial charge in [-0.3, -0.25) is 4.79 Å². The smallest absolute Gasteiger partial charge is 0.219 e. The van der Waals surface area contributed by atoms with Crippen molar-refractivity contribution in [2.75, 3.05) is 31.1 Å². The Labute approximate surface area is 113 Å². The third-order valence-corrected chi connectivity index (χ3v) is 4.16. The number of anilines is 1. The van der Waals surface area contributed by atoms with E-state index >= 15 is 0 Å². The number of hydrogen-bond acceptors (Lipinski definition) is 4. The fourth-order valence-corrected chi connectivity index (χ4v) is 2.54. The number of rotatable bonds is 2. The Morgan fingerprint density at radius 1 is 1.26 bits per heavy atom. The minimum atomic E-state index is -0.112. The first-order chi connectivity index (χ1) is 9.08. The number of pyridine rings is 1. The Balaban J connectivity index is 1.65. The van der Waals surface area contributed by atoms with Crippen LogP contribution in [0.4, 0.5) is 5.82 Å². The zero-order chi connectivity index (χ0) is 13.5.